The first kappa shape index (κ1) is 27.4. The number of nitrogens with one attached hydrogen (secondary N) is 2. The van der Waals surface area contributed by atoms with Gasteiger partial charge in [0.05, 0.1) is 5.41 Å². The van der Waals surface area contributed by atoms with Crippen molar-refractivity contribution in [3.05, 3.63) is 0 Å². The van der Waals surface area contributed by atoms with Crippen LogP contribution in [0.3, 0.4) is 0 Å². The summed E-state index contributed by atoms with van der Waals surface area (Å²) >= 11 is 0. The Labute approximate surface area is 174 Å². The zero-order valence-electron chi connectivity index (χ0n) is 20.3. The standard InChI is InChI=1S/C23H49N3O2/c1-20(2,3)23(21(4,5)6,19(27)28-22(7,8)9)13-11-10-12-15-25-17-18-26-16-14-24/h25-26H,10-18,24H2,1-9H3. The Morgan fingerprint density at radius 2 is 1.25 bits per heavy atom. The lowest BCUT2D eigenvalue weighted by molar-refractivity contribution is -0.188. The van der Waals surface area contributed by atoms with Crippen LogP contribution < -0.4 is 16.4 Å². The van der Waals surface area contributed by atoms with Crippen LogP contribution in [0.4, 0.5) is 0 Å². The van der Waals surface area contributed by atoms with Crippen LogP contribution in [0.5, 0.6) is 0 Å². The highest BCUT2D eigenvalue weighted by atomic mass is 16.6. The third-order valence-electron chi connectivity index (χ3n) is 5.51. The first-order valence-corrected chi connectivity index (χ1v) is 11.0. The smallest absolute Gasteiger partial charge is 0.313 e. The Bertz CT molecular complexity index is 428. The summed E-state index contributed by atoms with van der Waals surface area (Å²) in [6.07, 6.45) is 4.11. The van der Waals surface area contributed by atoms with E-state index in [4.69, 9.17) is 10.5 Å². The van der Waals surface area contributed by atoms with Crippen molar-refractivity contribution in [1.29, 1.82) is 0 Å². The number of esters is 1. The van der Waals surface area contributed by atoms with Crippen LogP contribution in [-0.2, 0) is 9.53 Å². The lowest BCUT2D eigenvalue weighted by Gasteiger charge is -2.52. The fourth-order valence-electron chi connectivity index (χ4n) is 4.30. The molecule has 0 aliphatic rings. The predicted molar refractivity (Wildman–Crippen MR) is 120 cm³/mol. The Balaban J connectivity index is 4.83. The maximum Gasteiger partial charge on any atom is 0.313 e. The van der Waals surface area contributed by atoms with E-state index < -0.39 is 11.0 Å². The van der Waals surface area contributed by atoms with Crippen molar-refractivity contribution in [2.75, 3.05) is 32.7 Å². The minimum atomic E-state index is -0.521. The van der Waals surface area contributed by atoms with E-state index in [1.54, 1.807) is 0 Å². The van der Waals surface area contributed by atoms with Crippen molar-refractivity contribution in [3.63, 3.8) is 0 Å². The highest BCUT2D eigenvalue weighted by Crippen LogP contribution is 2.56. The highest BCUT2D eigenvalue weighted by molar-refractivity contribution is 5.79. The van der Waals surface area contributed by atoms with Gasteiger partial charge in [-0.25, -0.2) is 0 Å². The molecule has 0 aliphatic carbocycles. The molecule has 28 heavy (non-hydrogen) atoms. The van der Waals surface area contributed by atoms with Crippen LogP contribution in [0.25, 0.3) is 0 Å². The van der Waals surface area contributed by atoms with Gasteiger partial charge in [0.25, 0.3) is 0 Å². The Morgan fingerprint density at radius 3 is 1.68 bits per heavy atom. The maximum atomic E-state index is 13.4. The molecule has 0 atom stereocenters. The molecule has 0 saturated carbocycles. The lowest BCUT2D eigenvalue weighted by Crippen LogP contribution is -2.54. The SMILES string of the molecule is CC(C)(C)OC(=O)C(CCCCCNCCNCCN)(C(C)(C)C)C(C)(C)C. The highest BCUT2D eigenvalue weighted by Gasteiger charge is 2.57. The van der Waals surface area contributed by atoms with Crippen molar-refractivity contribution in [1.82, 2.24) is 10.6 Å². The van der Waals surface area contributed by atoms with Gasteiger partial charge in [0.15, 0.2) is 0 Å². The van der Waals surface area contributed by atoms with Crippen LogP contribution in [0.2, 0.25) is 0 Å². The van der Waals surface area contributed by atoms with Gasteiger partial charge in [-0.3, -0.25) is 4.79 Å². The largest absolute Gasteiger partial charge is 0.460 e. The molecular weight excluding hydrogens is 350 g/mol. The van der Waals surface area contributed by atoms with Gasteiger partial charge in [-0.05, 0) is 51.0 Å². The fraction of sp³-hybridized carbons (Fsp3) is 0.957. The van der Waals surface area contributed by atoms with E-state index in [9.17, 15) is 4.79 Å². The zero-order chi connectivity index (χ0) is 22.1. The third kappa shape index (κ3) is 8.79. The molecule has 0 rings (SSSR count). The normalized spacial score (nSPS) is 13.6. The molecule has 0 saturated heterocycles. The van der Waals surface area contributed by atoms with Crippen LogP contribution >= 0.6 is 0 Å². The number of ether oxygens (including phenoxy) is 1. The van der Waals surface area contributed by atoms with Gasteiger partial charge in [0.2, 0.25) is 0 Å². The number of carbonyl (C=O) groups is 1. The molecule has 0 radical (unpaired) electrons. The zero-order valence-corrected chi connectivity index (χ0v) is 20.3. The quantitative estimate of drug-likeness (QED) is 0.340. The van der Waals surface area contributed by atoms with E-state index in [2.05, 4.69) is 52.2 Å². The number of hydrogen-bond donors (Lipinski definition) is 3. The van der Waals surface area contributed by atoms with Gasteiger partial charge in [-0.1, -0.05) is 54.4 Å². The van der Waals surface area contributed by atoms with E-state index in [-0.39, 0.29) is 16.8 Å². The van der Waals surface area contributed by atoms with Crippen molar-refractivity contribution < 1.29 is 9.53 Å². The van der Waals surface area contributed by atoms with E-state index in [0.717, 1.165) is 51.9 Å². The summed E-state index contributed by atoms with van der Waals surface area (Å²) in [5.74, 6) is -0.0518. The third-order valence-corrected chi connectivity index (χ3v) is 5.51. The monoisotopic (exact) mass is 399 g/mol. The van der Waals surface area contributed by atoms with Crippen LogP contribution in [0.15, 0.2) is 0 Å². The second-order valence-corrected chi connectivity index (χ2v) is 11.0. The average molecular weight is 400 g/mol. The maximum absolute atomic E-state index is 13.4. The summed E-state index contributed by atoms with van der Waals surface area (Å²) in [5.41, 5.74) is 4.11. The molecular formula is C23H49N3O2. The van der Waals surface area contributed by atoms with Crippen molar-refractivity contribution in [2.24, 2.45) is 22.0 Å². The number of carbonyl (C=O) groups excluding carboxylic acids is 1. The Hall–Kier alpha value is -0.650. The molecule has 0 bridgehead atoms. The van der Waals surface area contributed by atoms with E-state index in [1.807, 2.05) is 20.8 Å². The van der Waals surface area contributed by atoms with Gasteiger partial charge in [0, 0.05) is 26.2 Å². The molecule has 0 heterocycles. The molecule has 5 heteroatoms. The fourth-order valence-corrected chi connectivity index (χ4v) is 4.30. The van der Waals surface area contributed by atoms with E-state index in [0.29, 0.717) is 6.54 Å². The van der Waals surface area contributed by atoms with Gasteiger partial charge >= 0.3 is 5.97 Å². The number of unbranched alkanes of at least 4 members (excludes halogenated alkanes) is 2. The van der Waals surface area contributed by atoms with Gasteiger partial charge in [-0.15, -0.1) is 0 Å². The molecule has 0 spiro atoms. The first-order chi connectivity index (χ1) is 12.7. The molecule has 168 valence electrons. The van der Waals surface area contributed by atoms with Crippen LogP contribution in [0, 0.1) is 16.2 Å². The van der Waals surface area contributed by atoms with Crippen molar-refractivity contribution >= 4 is 5.97 Å². The second-order valence-electron chi connectivity index (χ2n) is 11.0. The van der Waals surface area contributed by atoms with Crippen molar-refractivity contribution in [2.45, 2.75) is 93.6 Å². The summed E-state index contributed by atoms with van der Waals surface area (Å²) in [6, 6.07) is 0. The number of nitrogens with two attached hydrogens (primary N) is 1. The topological polar surface area (TPSA) is 76.4 Å². The molecule has 0 aromatic carbocycles. The van der Waals surface area contributed by atoms with E-state index in [1.165, 1.54) is 0 Å². The molecule has 0 aromatic rings. The van der Waals surface area contributed by atoms with Crippen LogP contribution in [0.1, 0.15) is 88.0 Å². The molecule has 0 unspecified atom stereocenters. The first-order valence-electron chi connectivity index (χ1n) is 11.0. The average Bonchev–Trinajstić information content (AvgIpc) is 2.48. The van der Waals surface area contributed by atoms with Gasteiger partial charge < -0.3 is 21.1 Å². The number of hydrogen-bond acceptors (Lipinski definition) is 5. The Kier molecular flexibility index (Phi) is 11.2. The summed E-state index contributed by atoms with van der Waals surface area (Å²) < 4.78 is 5.93. The second kappa shape index (κ2) is 11.5. The van der Waals surface area contributed by atoms with Crippen LogP contribution in [-0.4, -0.2) is 44.3 Å². The molecule has 4 N–H and O–H groups in total. The summed E-state index contributed by atoms with van der Waals surface area (Å²) in [4.78, 5) is 13.4. The predicted octanol–water partition coefficient (Wildman–Crippen LogP) is 4.11. The van der Waals surface area contributed by atoms with Crippen molar-refractivity contribution in [3.8, 4) is 0 Å². The van der Waals surface area contributed by atoms with E-state index >= 15 is 0 Å². The summed E-state index contributed by atoms with van der Waals surface area (Å²) in [7, 11) is 0. The molecule has 0 aliphatic heterocycles. The lowest BCUT2D eigenvalue weighted by atomic mass is 9.52. The minimum absolute atomic E-state index is 0.0518. The minimum Gasteiger partial charge on any atom is -0.460 e. The van der Waals surface area contributed by atoms with Gasteiger partial charge in [-0.2, -0.15) is 0 Å². The summed E-state index contributed by atoms with van der Waals surface area (Å²) in [5, 5.41) is 6.74. The molecule has 0 aromatic heterocycles. The van der Waals surface area contributed by atoms with Gasteiger partial charge in [0.1, 0.15) is 5.60 Å². The molecule has 0 fully saturated rings. The number of rotatable bonds is 12. The molecule has 5 nitrogen and oxygen atoms in total. The summed E-state index contributed by atoms with van der Waals surface area (Å²) in [6.45, 7) is 23.4. The molecule has 0 amide bonds. The Morgan fingerprint density at radius 1 is 0.750 bits per heavy atom.